The van der Waals surface area contributed by atoms with Crippen molar-refractivity contribution in [3.8, 4) is 23.6 Å². The van der Waals surface area contributed by atoms with Gasteiger partial charge in [-0.3, -0.25) is 4.79 Å². The smallest absolute Gasteiger partial charge is 0.337 e. The fraction of sp³-hybridized carbons (Fsp3) is 0.182. The number of nitrogens with one attached hydrogen (secondary N) is 1. The first-order valence-corrected chi connectivity index (χ1v) is 9.38. The number of hydrogen-bond donors (Lipinski definition) is 1. The molecule has 0 aliphatic heterocycles. The number of esters is 1. The van der Waals surface area contributed by atoms with Gasteiger partial charge in [0.05, 0.1) is 24.3 Å². The summed E-state index contributed by atoms with van der Waals surface area (Å²) < 4.78 is 15.4. The Hall–Kier alpha value is -4.01. The van der Waals surface area contributed by atoms with Gasteiger partial charge in [0.25, 0.3) is 5.91 Å². The van der Waals surface area contributed by atoms with Gasteiger partial charge in [0.2, 0.25) is 0 Å². The van der Waals surface area contributed by atoms with E-state index in [0.29, 0.717) is 23.4 Å². The molecule has 0 radical (unpaired) electrons. The molecule has 0 spiro atoms. The van der Waals surface area contributed by atoms with E-state index < -0.39 is 11.9 Å². The van der Waals surface area contributed by atoms with E-state index in [9.17, 15) is 14.9 Å². The Morgan fingerprint density at radius 3 is 2.45 bits per heavy atom. The molecule has 2 aromatic rings. The summed E-state index contributed by atoms with van der Waals surface area (Å²) in [5.41, 5.74) is 0.979. The van der Waals surface area contributed by atoms with E-state index in [4.69, 9.17) is 26.3 Å². The topological polar surface area (TPSA) is 121 Å². The van der Waals surface area contributed by atoms with Crippen molar-refractivity contribution in [2.45, 2.75) is 6.92 Å². The number of methoxy groups -OCH3 is 1. The highest BCUT2D eigenvalue weighted by Gasteiger charge is 2.15. The summed E-state index contributed by atoms with van der Waals surface area (Å²) in [6, 6.07) is 12.8. The van der Waals surface area contributed by atoms with Gasteiger partial charge in [0.15, 0.2) is 18.1 Å². The van der Waals surface area contributed by atoms with Crippen LogP contribution in [0.2, 0.25) is 5.02 Å². The fourth-order valence-electron chi connectivity index (χ4n) is 2.50. The number of nitrogens with zero attached hydrogens (tertiary/aromatic N) is 2. The summed E-state index contributed by atoms with van der Waals surface area (Å²) in [5, 5.41) is 20.9. The van der Waals surface area contributed by atoms with Crippen molar-refractivity contribution in [3.05, 3.63) is 58.1 Å². The Morgan fingerprint density at radius 1 is 1.16 bits per heavy atom. The maximum atomic E-state index is 12.5. The number of nitriles is 2. The van der Waals surface area contributed by atoms with E-state index in [1.54, 1.807) is 13.0 Å². The zero-order chi connectivity index (χ0) is 22.8. The molecule has 0 atom stereocenters. The highest BCUT2D eigenvalue weighted by Crippen LogP contribution is 2.37. The van der Waals surface area contributed by atoms with Crippen molar-refractivity contribution in [2.75, 3.05) is 25.6 Å². The van der Waals surface area contributed by atoms with Crippen molar-refractivity contribution in [1.29, 1.82) is 10.5 Å². The van der Waals surface area contributed by atoms with Crippen LogP contribution in [0.15, 0.2) is 42.0 Å². The number of anilines is 1. The van der Waals surface area contributed by atoms with E-state index >= 15 is 0 Å². The quantitative estimate of drug-likeness (QED) is 0.375. The molecule has 0 aliphatic carbocycles. The molecule has 0 bridgehead atoms. The Kier molecular flexibility index (Phi) is 8.44. The third-order valence-electron chi connectivity index (χ3n) is 3.85. The Balaban J connectivity index is 2.27. The average molecular weight is 440 g/mol. The lowest BCUT2D eigenvalue weighted by molar-refractivity contribution is -0.112. The summed E-state index contributed by atoms with van der Waals surface area (Å²) in [6.07, 6.45) is 1.35. The summed E-state index contributed by atoms with van der Waals surface area (Å²) >= 11 is 6.23. The van der Waals surface area contributed by atoms with Gasteiger partial charge in [-0.15, -0.1) is 0 Å². The van der Waals surface area contributed by atoms with Crippen molar-refractivity contribution >= 4 is 35.2 Å². The van der Waals surface area contributed by atoms with Crippen molar-refractivity contribution in [2.24, 2.45) is 0 Å². The zero-order valence-corrected chi connectivity index (χ0v) is 17.5. The number of ether oxygens (including phenoxy) is 3. The average Bonchev–Trinajstić information content (AvgIpc) is 2.77. The minimum atomic E-state index is -0.646. The zero-order valence-electron chi connectivity index (χ0n) is 16.8. The predicted octanol–water partition coefficient (Wildman–Crippen LogP) is 3.97. The SMILES string of the molecule is CCOc1cc(/C=C(\C#N)C(=O)Nc2ccc(C(=O)OC)cc2)cc(Cl)c1OCC#N. The molecule has 158 valence electrons. The van der Waals surface area contributed by atoms with Crippen LogP contribution in [0.25, 0.3) is 6.08 Å². The van der Waals surface area contributed by atoms with Crippen LogP contribution in [0, 0.1) is 22.7 Å². The summed E-state index contributed by atoms with van der Waals surface area (Å²) in [7, 11) is 1.27. The van der Waals surface area contributed by atoms with Gasteiger partial charge in [0, 0.05) is 5.69 Å². The fourth-order valence-corrected chi connectivity index (χ4v) is 2.77. The molecule has 1 amide bonds. The molecule has 2 aromatic carbocycles. The first-order chi connectivity index (χ1) is 14.9. The number of carbonyl (C=O) groups is 2. The number of hydrogen-bond acceptors (Lipinski definition) is 7. The first kappa shape index (κ1) is 23.3. The van der Waals surface area contributed by atoms with Gasteiger partial charge in [-0.1, -0.05) is 11.6 Å². The van der Waals surface area contributed by atoms with Gasteiger partial charge in [0.1, 0.15) is 17.7 Å². The minimum Gasteiger partial charge on any atom is -0.490 e. The molecule has 8 nitrogen and oxygen atoms in total. The minimum absolute atomic E-state index is 0.170. The lowest BCUT2D eigenvalue weighted by Crippen LogP contribution is -2.13. The number of benzene rings is 2. The highest BCUT2D eigenvalue weighted by atomic mass is 35.5. The molecular weight excluding hydrogens is 422 g/mol. The van der Waals surface area contributed by atoms with Gasteiger partial charge in [-0.05, 0) is 55.0 Å². The van der Waals surface area contributed by atoms with Crippen LogP contribution in [0.5, 0.6) is 11.5 Å². The number of halogens is 1. The molecule has 0 fully saturated rings. The van der Waals surface area contributed by atoms with Crippen LogP contribution in [-0.2, 0) is 9.53 Å². The monoisotopic (exact) mass is 439 g/mol. The Morgan fingerprint density at radius 2 is 1.87 bits per heavy atom. The van der Waals surface area contributed by atoms with Crippen molar-refractivity contribution in [3.63, 3.8) is 0 Å². The highest BCUT2D eigenvalue weighted by molar-refractivity contribution is 6.32. The maximum absolute atomic E-state index is 12.5. The Bertz CT molecular complexity index is 1080. The van der Waals surface area contributed by atoms with E-state index in [2.05, 4.69) is 10.1 Å². The van der Waals surface area contributed by atoms with E-state index in [1.807, 2.05) is 12.1 Å². The summed E-state index contributed by atoms with van der Waals surface area (Å²) in [4.78, 5) is 24.0. The van der Waals surface area contributed by atoms with Crippen LogP contribution in [0.1, 0.15) is 22.8 Å². The third-order valence-corrected chi connectivity index (χ3v) is 4.13. The van der Waals surface area contributed by atoms with Crippen LogP contribution < -0.4 is 14.8 Å². The van der Waals surface area contributed by atoms with Gasteiger partial charge >= 0.3 is 5.97 Å². The second kappa shape index (κ2) is 11.2. The third kappa shape index (κ3) is 6.23. The second-order valence-corrected chi connectivity index (χ2v) is 6.31. The number of rotatable bonds is 8. The number of amides is 1. The lowest BCUT2D eigenvalue weighted by atomic mass is 10.1. The molecule has 31 heavy (non-hydrogen) atoms. The van der Waals surface area contributed by atoms with Crippen LogP contribution in [0.4, 0.5) is 5.69 Å². The standard InChI is InChI=1S/C22H18ClN3O5/c1-3-30-19-12-14(11-18(23)20(19)31-9-8-24)10-16(13-25)21(27)26-17-6-4-15(5-7-17)22(28)29-2/h4-7,10-12H,3,9H2,1-2H3,(H,26,27)/b16-10+. The summed E-state index contributed by atoms with van der Waals surface area (Å²) in [5.74, 6) is -0.657. The number of carbonyl (C=O) groups excluding carboxylic acids is 2. The van der Waals surface area contributed by atoms with Crippen molar-refractivity contribution in [1.82, 2.24) is 0 Å². The van der Waals surface area contributed by atoms with E-state index in [0.717, 1.165) is 0 Å². The van der Waals surface area contributed by atoms with Gasteiger partial charge in [-0.2, -0.15) is 10.5 Å². The van der Waals surface area contributed by atoms with Crippen LogP contribution >= 0.6 is 11.6 Å². The molecule has 0 unspecified atom stereocenters. The van der Waals surface area contributed by atoms with Crippen molar-refractivity contribution < 1.29 is 23.8 Å². The predicted molar refractivity (Wildman–Crippen MR) is 114 cm³/mol. The first-order valence-electron chi connectivity index (χ1n) is 9.01. The largest absolute Gasteiger partial charge is 0.490 e. The second-order valence-electron chi connectivity index (χ2n) is 5.90. The molecule has 0 saturated heterocycles. The van der Waals surface area contributed by atoms with Gasteiger partial charge < -0.3 is 19.5 Å². The summed E-state index contributed by atoms with van der Waals surface area (Å²) in [6.45, 7) is 1.87. The van der Waals surface area contributed by atoms with Crippen LogP contribution in [-0.4, -0.2) is 32.2 Å². The maximum Gasteiger partial charge on any atom is 0.337 e. The molecular formula is C22H18ClN3O5. The molecule has 0 heterocycles. The molecule has 0 saturated carbocycles. The van der Waals surface area contributed by atoms with E-state index in [1.165, 1.54) is 43.5 Å². The molecule has 9 heteroatoms. The molecule has 2 rings (SSSR count). The normalized spacial score (nSPS) is 10.4. The molecule has 0 aliphatic rings. The molecule has 0 aromatic heterocycles. The lowest BCUT2D eigenvalue weighted by Gasteiger charge is -2.13. The molecule has 1 N–H and O–H groups in total. The Labute approximate surface area is 184 Å². The van der Waals surface area contributed by atoms with Gasteiger partial charge in [-0.25, -0.2) is 4.79 Å². The van der Waals surface area contributed by atoms with E-state index in [-0.39, 0.29) is 28.7 Å². The van der Waals surface area contributed by atoms with Crippen LogP contribution in [0.3, 0.4) is 0 Å².